The Morgan fingerprint density at radius 3 is 2.18 bits per heavy atom. The van der Waals surface area contributed by atoms with Gasteiger partial charge in [0.1, 0.15) is 5.82 Å². The quantitative estimate of drug-likeness (QED) is 0.744. The van der Waals surface area contributed by atoms with Gasteiger partial charge < -0.3 is 10.2 Å². The number of carbonyl (C=O) groups excluding carboxylic acids is 1. The second-order valence-corrected chi connectivity index (χ2v) is 8.27. The third-order valence-electron chi connectivity index (χ3n) is 4.67. The van der Waals surface area contributed by atoms with Gasteiger partial charge in [-0.1, -0.05) is 12.1 Å². The Balaban J connectivity index is 1.44. The van der Waals surface area contributed by atoms with Crippen molar-refractivity contribution in [1.82, 2.24) is 10.2 Å². The molecule has 0 spiro atoms. The molecule has 2 aromatic rings. The van der Waals surface area contributed by atoms with Crippen molar-refractivity contribution in [3.8, 4) is 0 Å². The molecule has 1 saturated heterocycles. The predicted molar refractivity (Wildman–Crippen MR) is 105 cm³/mol. The number of rotatable bonds is 6. The van der Waals surface area contributed by atoms with Gasteiger partial charge in [0.2, 0.25) is 15.9 Å². The number of carbonyl (C=O) groups is 1. The van der Waals surface area contributed by atoms with E-state index in [1.165, 1.54) is 24.3 Å². The van der Waals surface area contributed by atoms with Crippen LogP contribution in [0.3, 0.4) is 0 Å². The number of hydrogen-bond donors (Lipinski definition) is 2. The summed E-state index contributed by atoms with van der Waals surface area (Å²) in [6.07, 6.45) is 0. The molecule has 9 heteroatoms. The zero-order chi connectivity index (χ0) is 20.1. The fourth-order valence-electron chi connectivity index (χ4n) is 3.07. The highest BCUT2D eigenvalue weighted by molar-refractivity contribution is 7.89. The molecule has 0 saturated carbocycles. The summed E-state index contributed by atoms with van der Waals surface area (Å²) < 4.78 is 35.5. The monoisotopic (exact) mass is 406 g/mol. The third kappa shape index (κ3) is 5.51. The number of primary sulfonamides is 1. The number of benzene rings is 2. The Labute approximate surface area is 164 Å². The Hall–Kier alpha value is -2.49. The number of sulfonamides is 1. The lowest BCUT2D eigenvalue weighted by Gasteiger charge is -2.35. The zero-order valence-corrected chi connectivity index (χ0v) is 16.2. The highest BCUT2D eigenvalue weighted by Gasteiger charge is 2.19. The van der Waals surface area contributed by atoms with Crippen LogP contribution in [-0.2, 0) is 21.4 Å². The van der Waals surface area contributed by atoms with Crippen LogP contribution in [0.15, 0.2) is 53.4 Å². The van der Waals surface area contributed by atoms with Gasteiger partial charge >= 0.3 is 0 Å². The van der Waals surface area contributed by atoms with Crippen molar-refractivity contribution >= 4 is 21.6 Å². The minimum absolute atomic E-state index is 0.0738. The lowest BCUT2D eigenvalue weighted by Crippen LogP contribution is -2.49. The highest BCUT2D eigenvalue weighted by Crippen LogP contribution is 2.19. The number of nitrogens with zero attached hydrogens (tertiary/aromatic N) is 2. The summed E-state index contributed by atoms with van der Waals surface area (Å²) in [6, 6.07) is 12.5. The fraction of sp³-hybridized carbons (Fsp3) is 0.316. The minimum Gasteiger partial charge on any atom is -0.369 e. The molecule has 1 fully saturated rings. The second-order valence-electron chi connectivity index (χ2n) is 6.71. The van der Waals surface area contributed by atoms with Crippen molar-refractivity contribution < 1.29 is 17.6 Å². The van der Waals surface area contributed by atoms with E-state index in [0.717, 1.165) is 37.4 Å². The molecule has 1 amide bonds. The average molecular weight is 406 g/mol. The summed E-state index contributed by atoms with van der Waals surface area (Å²) in [5.74, 6) is -0.373. The van der Waals surface area contributed by atoms with Crippen molar-refractivity contribution in [3.05, 3.63) is 59.9 Å². The lowest BCUT2D eigenvalue weighted by atomic mass is 10.2. The first-order valence-corrected chi connectivity index (χ1v) is 10.5. The number of halogens is 1. The van der Waals surface area contributed by atoms with Crippen LogP contribution in [0.4, 0.5) is 10.1 Å². The van der Waals surface area contributed by atoms with Gasteiger partial charge in [-0.15, -0.1) is 0 Å². The van der Waals surface area contributed by atoms with Crippen LogP contribution < -0.4 is 15.4 Å². The Morgan fingerprint density at radius 2 is 1.61 bits per heavy atom. The van der Waals surface area contributed by atoms with E-state index in [-0.39, 0.29) is 16.6 Å². The lowest BCUT2D eigenvalue weighted by molar-refractivity contribution is -0.122. The topological polar surface area (TPSA) is 95.7 Å². The minimum atomic E-state index is -3.69. The maximum Gasteiger partial charge on any atom is 0.238 e. The van der Waals surface area contributed by atoms with Crippen LogP contribution in [0.25, 0.3) is 0 Å². The molecular weight excluding hydrogens is 383 g/mol. The molecule has 0 bridgehead atoms. The molecule has 0 atom stereocenters. The molecule has 2 aromatic carbocycles. The summed E-state index contributed by atoms with van der Waals surface area (Å²) in [5, 5.41) is 7.96. The predicted octanol–water partition coefficient (Wildman–Crippen LogP) is 0.912. The van der Waals surface area contributed by atoms with Gasteiger partial charge in [-0.25, -0.2) is 17.9 Å². The number of nitrogens with one attached hydrogen (secondary N) is 1. The van der Waals surface area contributed by atoms with E-state index in [2.05, 4.69) is 15.1 Å². The molecule has 1 aliphatic heterocycles. The van der Waals surface area contributed by atoms with Crippen molar-refractivity contribution in [2.24, 2.45) is 5.14 Å². The van der Waals surface area contributed by atoms with Gasteiger partial charge in [0.15, 0.2) is 0 Å². The molecule has 7 nitrogen and oxygen atoms in total. The first-order valence-electron chi connectivity index (χ1n) is 8.92. The van der Waals surface area contributed by atoms with Crippen molar-refractivity contribution in [2.75, 3.05) is 37.6 Å². The molecule has 0 unspecified atom stereocenters. The largest absolute Gasteiger partial charge is 0.369 e. The normalized spacial score (nSPS) is 15.4. The molecule has 1 aliphatic rings. The van der Waals surface area contributed by atoms with E-state index in [4.69, 9.17) is 5.14 Å². The highest BCUT2D eigenvalue weighted by atomic mass is 32.2. The summed E-state index contributed by atoms with van der Waals surface area (Å²) in [4.78, 5) is 16.4. The summed E-state index contributed by atoms with van der Waals surface area (Å²) in [5.41, 5.74) is 1.77. The maximum atomic E-state index is 12.9. The van der Waals surface area contributed by atoms with Crippen LogP contribution in [0.5, 0.6) is 0 Å². The van der Waals surface area contributed by atoms with Gasteiger partial charge in [-0.2, -0.15) is 0 Å². The van der Waals surface area contributed by atoms with Crippen LogP contribution >= 0.6 is 0 Å². The van der Waals surface area contributed by atoms with E-state index in [0.29, 0.717) is 13.1 Å². The molecule has 0 radical (unpaired) electrons. The second kappa shape index (κ2) is 8.68. The molecule has 0 aliphatic carbocycles. The van der Waals surface area contributed by atoms with Gasteiger partial charge in [-0.3, -0.25) is 9.69 Å². The zero-order valence-electron chi connectivity index (χ0n) is 15.3. The van der Waals surface area contributed by atoms with Crippen LogP contribution in [-0.4, -0.2) is 51.9 Å². The fourth-order valence-corrected chi connectivity index (χ4v) is 3.59. The molecule has 0 aromatic heterocycles. The van der Waals surface area contributed by atoms with Crippen LogP contribution in [0, 0.1) is 5.82 Å². The van der Waals surface area contributed by atoms with Crippen molar-refractivity contribution in [2.45, 2.75) is 11.4 Å². The van der Waals surface area contributed by atoms with Crippen molar-refractivity contribution in [3.63, 3.8) is 0 Å². The maximum absolute atomic E-state index is 12.9. The Kier molecular flexibility index (Phi) is 6.28. The SMILES string of the molecule is NS(=O)(=O)c1ccc(N2CCN(CC(=O)NCc3ccc(F)cc3)CC2)cc1. The first kappa shape index (κ1) is 20.2. The van der Waals surface area contributed by atoms with Gasteiger partial charge in [-0.05, 0) is 42.0 Å². The van der Waals surface area contributed by atoms with Gasteiger partial charge in [0.05, 0.1) is 11.4 Å². The molecule has 28 heavy (non-hydrogen) atoms. The number of piperazine rings is 1. The van der Waals surface area contributed by atoms with Gasteiger partial charge in [0.25, 0.3) is 0 Å². The smallest absolute Gasteiger partial charge is 0.238 e. The van der Waals surface area contributed by atoms with E-state index >= 15 is 0 Å². The number of anilines is 1. The Bertz CT molecular complexity index is 909. The van der Waals surface area contributed by atoms with Crippen LogP contribution in [0.2, 0.25) is 0 Å². The molecular formula is C19H23FN4O3S. The van der Waals surface area contributed by atoms with E-state index in [9.17, 15) is 17.6 Å². The summed E-state index contributed by atoms with van der Waals surface area (Å²) in [6.45, 7) is 3.59. The number of hydrogen-bond acceptors (Lipinski definition) is 5. The standard InChI is InChI=1S/C19H23FN4O3S/c20-16-3-1-15(2-4-16)13-22-19(25)14-23-9-11-24(12-10-23)17-5-7-18(8-6-17)28(21,26)27/h1-8H,9-14H2,(H,22,25)(H2,21,26,27). The van der Waals surface area contributed by atoms with Crippen LogP contribution in [0.1, 0.15) is 5.56 Å². The molecule has 3 rings (SSSR count). The van der Waals surface area contributed by atoms with E-state index in [1.807, 2.05) is 0 Å². The average Bonchev–Trinajstić information content (AvgIpc) is 2.68. The molecule has 150 valence electrons. The summed E-state index contributed by atoms with van der Waals surface area (Å²) >= 11 is 0. The summed E-state index contributed by atoms with van der Waals surface area (Å²) in [7, 11) is -3.69. The molecule has 1 heterocycles. The number of amides is 1. The first-order chi connectivity index (χ1) is 13.3. The van der Waals surface area contributed by atoms with Crippen molar-refractivity contribution in [1.29, 1.82) is 0 Å². The van der Waals surface area contributed by atoms with Gasteiger partial charge in [0, 0.05) is 38.4 Å². The van der Waals surface area contributed by atoms with E-state index in [1.54, 1.807) is 24.3 Å². The van der Waals surface area contributed by atoms with E-state index < -0.39 is 10.0 Å². The Morgan fingerprint density at radius 1 is 1.00 bits per heavy atom. The third-order valence-corrected chi connectivity index (χ3v) is 5.60. The molecule has 3 N–H and O–H groups in total. The number of nitrogens with two attached hydrogens (primary N) is 1.